The molecule has 9 nitrogen and oxygen atoms in total. The largest absolute Gasteiger partial charge is 0.460 e. The number of ketones is 1. The molecule has 2 fully saturated rings. The first-order valence-corrected chi connectivity index (χ1v) is 16.3. The number of rotatable bonds is 8. The summed E-state index contributed by atoms with van der Waals surface area (Å²) >= 11 is 0. The number of fused-ring (bicyclic) bond motifs is 2. The second kappa shape index (κ2) is 15.2. The first kappa shape index (κ1) is 43.0. The normalized spacial score (nSPS) is 21.6. The molecule has 2 N–H and O–H groups in total. The first-order valence-electron chi connectivity index (χ1n) is 13.3. The maximum Gasteiger partial charge on any atom is 0.460 e. The van der Waals surface area contributed by atoms with Gasteiger partial charge in [-0.15, -0.1) is 0 Å². The molecule has 3 rings (SSSR count). The number of aromatic nitrogens is 1. The quantitative estimate of drug-likeness (QED) is 0.245. The zero-order valence-corrected chi connectivity index (χ0v) is 26.6. The smallest absolute Gasteiger partial charge is 0.304 e. The zero-order valence-electron chi connectivity index (χ0n) is 25.0. The molecule has 1 aromatic rings. The van der Waals surface area contributed by atoms with Gasteiger partial charge in [-0.1, -0.05) is 40.7 Å². The van der Waals surface area contributed by atoms with Gasteiger partial charge in [-0.2, -0.15) is 56.3 Å². The van der Waals surface area contributed by atoms with Crippen molar-refractivity contribution < 1.29 is 70.2 Å². The summed E-state index contributed by atoms with van der Waals surface area (Å²) < 4.78 is 165. The standard InChI is InChI=1S/C10H16O4S.C6H15N.C5H5N.C4HF9O3S/c1-9(2)7-3-4-10(9,8(11)5-7)6-15(12,13)14;1-4-7(5-2)6-3;1-2-4-6-5-3-1;5-1(6,3(9,10)11)2(7,8)4(12,13)17(14,15)16/h7H,3-6H2,1-2H3,(H,12,13,14);4-6H2,1-3H3;1-5H;(H,14,15,16). The molecule has 2 unspecified atom stereocenters. The number of carbonyl (C=O) groups is 1. The van der Waals surface area contributed by atoms with Gasteiger partial charge in [0.25, 0.3) is 10.1 Å². The van der Waals surface area contributed by atoms with Gasteiger partial charge < -0.3 is 4.90 Å². The fourth-order valence-corrected chi connectivity index (χ4v) is 6.68. The van der Waals surface area contributed by atoms with E-state index in [1.54, 1.807) is 12.4 Å². The molecule has 2 aliphatic carbocycles. The molecule has 2 aliphatic rings. The zero-order chi connectivity index (χ0) is 35.9. The summed E-state index contributed by atoms with van der Waals surface area (Å²) in [7, 11) is -11.2. The van der Waals surface area contributed by atoms with E-state index < -0.39 is 54.7 Å². The second-order valence-corrected chi connectivity index (χ2v) is 13.6. The molecule has 1 aromatic heterocycles. The number of hydrogen-bond acceptors (Lipinski definition) is 7. The van der Waals surface area contributed by atoms with Crippen LogP contribution in [0.5, 0.6) is 0 Å². The molecule has 20 heteroatoms. The predicted molar refractivity (Wildman–Crippen MR) is 145 cm³/mol. The van der Waals surface area contributed by atoms with Crippen molar-refractivity contribution in [2.24, 2.45) is 16.7 Å². The van der Waals surface area contributed by atoms with E-state index >= 15 is 0 Å². The van der Waals surface area contributed by atoms with Gasteiger partial charge in [0.2, 0.25) is 0 Å². The number of halogens is 9. The molecule has 0 radical (unpaired) electrons. The van der Waals surface area contributed by atoms with Crippen molar-refractivity contribution >= 4 is 26.0 Å². The van der Waals surface area contributed by atoms with E-state index in [-0.39, 0.29) is 17.1 Å². The highest BCUT2D eigenvalue weighted by Crippen LogP contribution is 2.64. The molecule has 264 valence electrons. The highest BCUT2D eigenvalue weighted by molar-refractivity contribution is 7.87. The third-order valence-electron chi connectivity index (χ3n) is 7.92. The molecule has 0 saturated heterocycles. The van der Waals surface area contributed by atoms with Crippen LogP contribution in [0.3, 0.4) is 0 Å². The average molecular weight is 713 g/mol. The van der Waals surface area contributed by atoms with E-state index in [0.717, 1.165) is 6.42 Å². The predicted octanol–water partition coefficient (Wildman–Crippen LogP) is 6.00. The molecule has 0 aliphatic heterocycles. The van der Waals surface area contributed by atoms with Gasteiger partial charge in [-0.05, 0) is 55.9 Å². The van der Waals surface area contributed by atoms with E-state index in [0.29, 0.717) is 12.8 Å². The number of hydrogen-bond donors (Lipinski definition) is 2. The van der Waals surface area contributed by atoms with Gasteiger partial charge in [0.05, 0.1) is 11.2 Å². The summed E-state index contributed by atoms with van der Waals surface area (Å²) in [6, 6.07) is 5.72. The van der Waals surface area contributed by atoms with Crippen LogP contribution in [0.15, 0.2) is 30.6 Å². The van der Waals surface area contributed by atoms with Crippen LogP contribution >= 0.6 is 0 Å². The van der Waals surface area contributed by atoms with E-state index in [2.05, 4.69) is 30.7 Å². The highest BCUT2D eigenvalue weighted by Gasteiger charge is 2.85. The maximum absolute atomic E-state index is 12.2. The Morgan fingerprint density at radius 2 is 1.29 bits per heavy atom. The first-order chi connectivity index (χ1) is 20.0. The number of Topliss-reactive ketones (excluding diaryl/α,β-unsaturated/α-hetero) is 1. The summed E-state index contributed by atoms with van der Waals surface area (Å²) in [6.45, 7) is 14.0. The lowest BCUT2D eigenvalue weighted by molar-refractivity contribution is -0.382. The fourth-order valence-electron chi connectivity index (χ4n) is 4.93. The van der Waals surface area contributed by atoms with E-state index in [4.69, 9.17) is 9.11 Å². The topological polar surface area (TPSA) is 142 Å². The molecule has 2 atom stereocenters. The van der Waals surface area contributed by atoms with E-state index in [1.807, 2.05) is 32.0 Å². The van der Waals surface area contributed by atoms with E-state index in [1.165, 1.54) is 19.6 Å². The number of carbonyl (C=O) groups excluding carboxylic acids is 1. The summed E-state index contributed by atoms with van der Waals surface area (Å²) in [4.78, 5) is 18.0. The van der Waals surface area contributed by atoms with Crippen LogP contribution in [-0.2, 0) is 25.0 Å². The number of pyridine rings is 1. The van der Waals surface area contributed by atoms with Crippen molar-refractivity contribution in [3.05, 3.63) is 30.6 Å². The number of nitrogens with zero attached hydrogens (tertiary/aromatic N) is 2. The van der Waals surface area contributed by atoms with Crippen molar-refractivity contribution in [3.8, 4) is 0 Å². The summed E-state index contributed by atoms with van der Waals surface area (Å²) in [6.07, 6.45) is -1.66. The third-order valence-corrected chi connectivity index (χ3v) is 9.68. The molecule has 0 spiro atoms. The Bertz CT molecular complexity index is 1280. The van der Waals surface area contributed by atoms with Crippen LogP contribution in [0.25, 0.3) is 0 Å². The van der Waals surface area contributed by atoms with Gasteiger partial charge in [0.15, 0.2) is 0 Å². The monoisotopic (exact) mass is 712 g/mol. The van der Waals surface area contributed by atoms with Crippen molar-refractivity contribution in [1.82, 2.24) is 9.88 Å². The third kappa shape index (κ3) is 9.74. The fraction of sp³-hybridized carbons (Fsp3) is 0.760. The Hall–Kier alpha value is -2.03. The molecular weight excluding hydrogens is 675 g/mol. The van der Waals surface area contributed by atoms with E-state index in [9.17, 15) is 61.1 Å². The minimum absolute atomic E-state index is 0.0152. The van der Waals surface area contributed by atoms with Gasteiger partial charge in [0, 0.05) is 18.8 Å². The van der Waals surface area contributed by atoms with Crippen molar-refractivity contribution in [1.29, 1.82) is 0 Å². The molecular formula is C25H37F9N2O7S2. The van der Waals surface area contributed by atoms with Gasteiger partial charge in [0.1, 0.15) is 5.78 Å². The molecule has 2 saturated carbocycles. The van der Waals surface area contributed by atoms with Crippen LogP contribution in [0.4, 0.5) is 39.5 Å². The lowest BCUT2D eigenvalue weighted by atomic mass is 9.70. The summed E-state index contributed by atoms with van der Waals surface area (Å²) in [5.41, 5.74) is -1.12. The van der Waals surface area contributed by atoms with Crippen molar-refractivity contribution in [2.45, 2.75) is 77.2 Å². The average Bonchev–Trinajstić information content (AvgIpc) is 3.24. The molecule has 0 amide bonds. The van der Waals surface area contributed by atoms with Crippen LogP contribution in [0.1, 0.15) is 53.9 Å². The van der Waals surface area contributed by atoms with Crippen molar-refractivity contribution in [3.63, 3.8) is 0 Å². The van der Waals surface area contributed by atoms with Crippen LogP contribution in [-0.4, -0.2) is 90.3 Å². The van der Waals surface area contributed by atoms with Gasteiger partial charge in [-0.3, -0.25) is 18.9 Å². The lowest BCUT2D eigenvalue weighted by Gasteiger charge is -2.35. The highest BCUT2D eigenvalue weighted by atomic mass is 32.2. The minimum Gasteiger partial charge on any atom is -0.304 e. The summed E-state index contributed by atoms with van der Waals surface area (Å²) in [5, 5.41) is -7.00. The molecule has 0 aromatic carbocycles. The van der Waals surface area contributed by atoms with Crippen LogP contribution in [0, 0.1) is 16.7 Å². The molecule has 2 bridgehead atoms. The Morgan fingerprint density at radius 1 is 0.844 bits per heavy atom. The van der Waals surface area contributed by atoms with Crippen LogP contribution < -0.4 is 0 Å². The van der Waals surface area contributed by atoms with Crippen molar-refractivity contribution in [2.75, 3.05) is 25.4 Å². The summed E-state index contributed by atoms with van der Waals surface area (Å²) in [5.74, 6) is -14.8. The lowest BCUT2D eigenvalue weighted by Crippen LogP contribution is -2.63. The Labute approximate surface area is 256 Å². The molecule has 1 heterocycles. The molecule has 45 heavy (non-hydrogen) atoms. The Morgan fingerprint density at radius 3 is 1.49 bits per heavy atom. The SMILES string of the molecule is CC1(C)C2CCC1(CS(=O)(=O)O)C(=O)C2.CCN(CC)CC.O=S(=O)(O)C(F)(F)C(F)(F)C(F)(F)C(F)(F)F.c1ccncc1. The Balaban J connectivity index is 0.000000623. The minimum atomic E-state index is -7.37. The Kier molecular flexibility index (Phi) is 14.6. The second-order valence-electron chi connectivity index (χ2n) is 10.7. The van der Waals surface area contributed by atoms with Gasteiger partial charge in [-0.25, -0.2) is 0 Å². The number of alkyl halides is 9. The van der Waals surface area contributed by atoms with Crippen LogP contribution in [0.2, 0.25) is 0 Å². The maximum atomic E-state index is 12.2. The van der Waals surface area contributed by atoms with Gasteiger partial charge >= 0.3 is 33.4 Å².